The largest absolute Gasteiger partial charge is 0.366 e. The van der Waals surface area contributed by atoms with Crippen LogP contribution in [0, 0.1) is 5.41 Å². The van der Waals surface area contributed by atoms with Crippen LogP contribution in [0.5, 0.6) is 0 Å². The Kier molecular flexibility index (Phi) is 2.24. The molecule has 0 saturated heterocycles. The zero-order chi connectivity index (χ0) is 9.14. The number of benzene rings is 1. The molecule has 0 unspecified atom stereocenters. The van der Waals surface area contributed by atoms with Crippen LogP contribution in [0.4, 0.5) is 0 Å². The minimum Gasteiger partial charge on any atom is -0.366 e. The summed E-state index contributed by atoms with van der Waals surface area (Å²) in [6.45, 7) is 1.63. The minimum absolute atomic E-state index is 0.351. The molecule has 1 aromatic carbocycles. The molecule has 12 heavy (non-hydrogen) atoms. The Hall–Kier alpha value is -1.64. The molecule has 1 rings (SSSR count). The van der Waals surface area contributed by atoms with Crippen molar-refractivity contribution in [1.82, 2.24) is 0 Å². The highest BCUT2D eigenvalue weighted by atomic mass is 16.1. The van der Waals surface area contributed by atoms with E-state index in [9.17, 15) is 4.79 Å². The quantitative estimate of drug-likeness (QED) is 0.630. The van der Waals surface area contributed by atoms with Crippen LogP contribution in [0.2, 0.25) is 0 Å². The number of carbonyl (C=O) groups excluding carboxylic acids is 1. The second-order valence-electron chi connectivity index (χ2n) is 2.53. The SMILES string of the molecule is CC(=N)c1ccccc1C(N)=O. The Bertz CT molecular complexity index is 298. The van der Waals surface area contributed by atoms with Crippen LogP contribution in [0.15, 0.2) is 24.3 Å². The fourth-order valence-corrected chi connectivity index (χ4v) is 1.02. The monoisotopic (exact) mass is 162 g/mol. The van der Waals surface area contributed by atoms with Gasteiger partial charge >= 0.3 is 0 Å². The van der Waals surface area contributed by atoms with E-state index in [-0.39, 0.29) is 0 Å². The fraction of sp³-hybridized carbons (Fsp3) is 0.111. The first-order valence-electron chi connectivity index (χ1n) is 3.57. The van der Waals surface area contributed by atoms with Crippen molar-refractivity contribution in [2.75, 3.05) is 0 Å². The maximum Gasteiger partial charge on any atom is 0.249 e. The average Bonchev–Trinajstić information content (AvgIpc) is 2.04. The Balaban J connectivity index is 3.27. The molecular formula is C9H10N2O. The molecule has 0 aromatic heterocycles. The first kappa shape index (κ1) is 8.46. The van der Waals surface area contributed by atoms with Crippen LogP contribution < -0.4 is 5.73 Å². The number of hydrogen-bond acceptors (Lipinski definition) is 2. The van der Waals surface area contributed by atoms with Gasteiger partial charge in [0.05, 0.1) is 0 Å². The summed E-state index contributed by atoms with van der Waals surface area (Å²) in [6, 6.07) is 6.84. The molecule has 3 nitrogen and oxygen atoms in total. The lowest BCUT2D eigenvalue weighted by Gasteiger charge is -2.02. The van der Waals surface area contributed by atoms with E-state index in [0.29, 0.717) is 16.8 Å². The number of rotatable bonds is 2. The third kappa shape index (κ3) is 1.50. The van der Waals surface area contributed by atoms with Crippen molar-refractivity contribution in [3.8, 4) is 0 Å². The van der Waals surface area contributed by atoms with Crippen molar-refractivity contribution in [3.05, 3.63) is 35.4 Å². The zero-order valence-corrected chi connectivity index (χ0v) is 6.79. The van der Waals surface area contributed by atoms with Crippen LogP contribution in [0.1, 0.15) is 22.8 Å². The predicted octanol–water partition coefficient (Wildman–Crippen LogP) is 1.17. The molecule has 1 amide bonds. The minimum atomic E-state index is -0.489. The lowest BCUT2D eigenvalue weighted by molar-refractivity contribution is 0.1000. The van der Waals surface area contributed by atoms with E-state index >= 15 is 0 Å². The number of amides is 1. The molecular weight excluding hydrogens is 152 g/mol. The van der Waals surface area contributed by atoms with Crippen molar-refractivity contribution in [1.29, 1.82) is 5.41 Å². The number of primary amides is 1. The summed E-state index contributed by atoms with van der Waals surface area (Å²) in [6.07, 6.45) is 0. The molecule has 1 aromatic rings. The smallest absolute Gasteiger partial charge is 0.249 e. The van der Waals surface area contributed by atoms with Gasteiger partial charge in [0, 0.05) is 16.8 Å². The van der Waals surface area contributed by atoms with Gasteiger partial charge in [0.2, 0.25) is 5.91 Å². The molecule has 0 aliphatic rings. The third-order valence-corrected chi connectivity index (χ3v) is 1.60. The van der Waals surface area contributed by atoms with Gasteiger partial charge in [-0.2, -0.15) is 0 Å². The first-order valence-corrected chi connectivity index (χ1v) is 3.57. The van der Waals surface area contributed by atoms with Gasteiger partial charge in [0.25, 0.3) is 0 Å². The van der Waals surface area contributed by atoms with Gasteiger partial charge in [-0.1, -0.05) is 18.2 Å². The van der Waals surface area contributed by atoms with Gasteiger partial charge in [-0.3, -0.25) is 4.79 Å². The fourth-order valence-electron chi connectivity index (χ4n) is 1.02. The Morgan fingerprint density at radius 3 is 2.17 bits per heavy atom. The molecule has 3 N–H and O–H groups in total. The molecule has 0 aliphatic heterocycles. The topological polar surface area (TPSA) is 66.9 Å². The maximum absolute atomic E-state index is 10.9. The van der Waals surface area contributed by atoms with Crippen molar-refractivity contribution in [2.45, 2.75) is 6.92 Å². The van der Waals surface area contributed by atoms with Gasteiger partial charge in [-0.25, -0.2) is 0 Å². The van der Waals surface area contributed by atoms with Crippen LogP contribution >= 0.6 is 0 Å². The van der Waals surface area contributed by atoms with E-state index < -0.39 is 5.91 Å². The van der Waals surface area contributed by atoms with Crippen molar-refractivity contribution >= 4 is 11.6 Å². The second-order valence-corrected chi connectivity index (χ2v) is 2.53. The molecule has 0 spiro atoms. The molecule has 0 aliphatic carbocycles. The van der Waals surface area contributed by atoms with E-state index in [1.165, 1.54) is 0 Å². The normalized spacial score (nSPS) is 9.42. The van der Waals surface area contributed by atoms with Gasteiger partial charge in [-0.15, -0.1) is 0 Å². The molecule has 0 atom stereocenters. The third-order valence-electron chi connectivity index (χ3n) is 1.60. The van der Waals surface area contributed by atoms with Crippen molar-refractivity contribution in [3.63, 3.8) is 0 Å². The highest BCUT2D eigenvalue weighted by Crippen LogP contribution is 2.07. The summed E-state index contributed by atoms with van der Waals surface area (Å²) >= 11 is 0. The summed E-state index contributed by atoms with van der Waals surface area (Å²) in [5, 5.41) is 7.36. The molecule has 3 heteroatoms. The summed E-state index contributed by atoms with van der Waals surface area (Å²) < 4.78 is 0. The molecule has 0 bridgehead atoms. The highest BCUT2D eigenvalue weighted by molar-refractivity contribution is 6.07. The van der Waals surface area contributed by atoms with Gasteiger partial charge in [0.15, 0.2) is 0 Å². The van der Waals surface area contributed by atoms with Gasteiger partial charge in [-0.05, 0) is 13.0 Å². The van der Waals surface area contributed by atoms with Crippen molar-refractivity contribution < 1.29 is 4.79 Å². The van der Waals surface area contributed by atoms with Crippen molar-refractivity contribution in [2.24, 2.45) is 5.73 Å². The summed E-state index contributed by atoms with van der Waals surface area (Å²) in [5.41, 5.74) is 6.48. The number of hydrogen-bond donors (Lipinski definition) is 2. The van der Waals surface area contributed by atoms with Crippen LogP contribution in [0.3, 0.4) is 0 Å². The first-order chi connectivity index (χ1) is 5.63. The van der Waals surface area contributed by atoms with E-state index in [4.69, 9.17) is 11.1 Å². The van der Waals surface area contributed by atoms with E-state index in [2.05, 4.69) is 0 Å². The van der Waals surface area contributed by atoms with Gasteiger partial charge in [0.1, 0.15) is 0 Å². The predicted molar refractivity (Wildman–Crippen MR) is 47.5 cm³/mol. The lowest BCUT2D eigenvalue weighted by Crippen LogP contribution is -2.15. The maximum atomic E-state index is 10.9. The Morgan fingerprint density at radius 2 is 1.83 bits per heavy atom. The molecule has 0 radical (unpaired) electrons. The standard InChI is InChI=1S/C9H10N2O/c1-6(10)7-4-2-3-5-8(7)9(11)12/h2-5,10H,1H3,(H2,11,12). The Morgan fingerprint density at radius 1 is 1.33 bits per heavy atom. The summed E-state index contributed by atoms with van der Waals surface area (Å²) in [4.78, 5) is 10.9. The second kappa shape index (κ2) is 3.17. The number of nitrogens with one attached hydrogen (secondary N) is 1. The van der Waals surface area contributed by atoms with Crippen LogP contribution in [-0.4, -0.2) is 11.6 Å². The lowest BCUT2D eigenvalue weighted by atomic mass is 10.0. The van der Waals surface area contributed by atoms with Crippen LogP contribution in [0.25, 0.3) is 0 Å². The number of carbonyl (C=O) groups is 1. The van der Waals surface area contributed by atoms with E-state index in [1.54, 1.807) is 31.2 Å². The summed E-state index contributed by atoms with van der Waals surface area (Å²) in [7, 11) is 0. The zero-order valence-electron chi connectivity index (χ0n) is 6.79. The molecule has 0 heterocycles. The van der Waals surface area contributed by atoms with Gasteiger partial charge < -0.3 is 11.1 Å². The Labute approximate surface area is 70.7 Å². The average molecular weight is 162 g/mol. The van der Waals surface area contributed by atoms with E-state index in [0.717, 1.165) is 0 Å². The van der Waals surface area contributed by atoms with E-state index in [1.807, 2.05) is 0 Å². The summed E-state index contributed by atoms with van der Waals surface area (Å²) in [5.74, 6) is -0.489. The molecule has 62 valence electrons. The molecule has 0 saturated carbocycles. The molecule has 0 fully saturated rings. The highest BCUT2D eigenvalue weighted by Gasteiger charge is 2.07. The van der Waals surface area contributed by atoms with Crippen LogP contribution in [-0.2, 0) is 0 Å². The number of nitrogens with two attached hydrogens (primary N) is 1.